The summed E-state index contributed by atoms with van der Waals surface area (Å²) in [6, 6.07) is 9.12. The van der Waals surface area contributed by atoms with E-state index in [1.807, 2.05) is 53.2 Å². The zero-order chi connectivity index (χ0) is 22.2. The van der Waals surface area contributed by atoms with Crippen molar-refractivity contribution in [3.05, 3.63) is 47.3 Å². The number of quaternary nitrogens is 1. The monoisotopic (exact) mass is 443 g/mol. The van der Waals surface area contributed by atoms with Crippen molar-refractivity contribution in [3.8, 4) is 5.75 Å². The van der Waals surface area contributed by atoms with Gasteiger partial charge in [0.2, 0.25) is 0 Å². The van der Waals surface area contributed by atoms with Crippen LogP contribution in [0, 0.1) is 13.8 Å². The van der Waals surface area contributed by atoms with E-state index in [9.17, 15) is 9.46 Å². The van der Waals surface area contributed by atoms with Gasteiger partial charge < -0.3 is 23.4 Å². The van der Waals surface area contributed by atoms with Crippen LogP contribution in [0.15, 0.2) is 34.9 Å². The van der Waals surface area contributed by atoms with E-state index in [4.69, 9.17) is 23.0 Å². The van der Waals surface area contributed by atoms with Gasteiger partial charge in [-0.3, -0.25) is 9.05 Å². The van der Waals surface area contributed by atoms with Crippen molar-refractivity contribution >= 4 is 7.82 Å². The summed E-state index contributed by atoms with van der Waals surface area (Å²) < 4.78 is 39.8. The van der Waals surface area contributed by atoms with Crippen LogP contribution in [0.1, 0.15) is 17.0 Å². The number of phosphoric ester groups is 1. The van der Waals surface area contributed by atoms with Gasteiger partial charge in [-0.1, -0.05) is 23.4 Å². The van der Waals surface area contributed by atoms with Gasteiger partial charge in [-0.05, 0) is 26.0 Å². The first-order valence-corrected chi connectivity index (χ1v) is 11.2. The van der Waals surface area contributed by atoms with Crippen molar-refractivity contribution in [2.75, 3.05) is 47.5 Å². The molecule has 0 saturated heterocycles. The number of hydrogen-bond acceptors (Lipinski definition) is 7. The number of hydrogen-bond donors (Lipinski definition) is 1. The molecule has 168 valence electrons. The Bertz CT molecular complexity index is 801. The van der Waals surface area contributed by atoms with E-state index in [-0.39, 0.29) is 26.4 Å². The fourth-order valence-electron chi connectivity index (χ4n) is 2.45. The second kappa shape index (κ2) is 11.0. The molecule has 1 aromatic carbocycles. The van der Waals surface area contributed by atoms with E-state index in [0.29, 0.717) is 22.5 Å². The van der Waals surface area contributed by atoms with E-state index < -0.39 is 13.9 Å². The molecule has 0 fully saturated rings. The van der Waals surface area contributed by atoms with Crippen LogP contribution < -0.4 is 4.74 Å². The summed E-state index contributed by atoms with van der Waals surface area (Å²) in [5, 5.41) is 3.90. The van der Waals surface area contributed by atoms with Gasteiger partial charge in [0.25, 0.3) is 0 Å². The van der Waals surface area contributed by atoms with Gasteiger partial charge in [-0.2, -0.15) is 0 Å². The quantitative estimate of drug-likeness (QED) is 0.372. The summed E-state index contributed by atoms with van der Waals surface area (Å²) in [5.74, 6) is 1.29. The molecule has 0 saturated carbocycles. The second-order valence-corrected chi connectivity index (χ2v) is 9.44. The van der Waals surface area contributed by atoms with Crippen LogP contribution in [0.4, 0.5) is 0 Å². The molecule has 0 bridgehead atoms. The lowest BCUT2D eigenvalue weighted by atomic mass is 10.2. The van der Waals surface area contributed by atoms with E-state index in [1.54, 1.807) is 12.1 Å². The van der Waals surface area contributed by atoms with Gasteiger partial charge in [0, 0.05) is 5.56 Å². The molecule has 1 N–H and O–H groups in total. The molecule has 0 spiro atoms. The van der Waals surface area contributed by atoms with Crippen molar-refractivity contribution in [2.45, 2.75) is 26.6 Å². The molecule has 0 aliphatic carbocycles. The highest BCUT2D eigenvalue weighted by atomic mass is 31.2. The summed E-state index contributed by atoms with van der Waals surface area (Å²) in [5.41, 5.74) is 1.63. The molecule has 0 amide bonds. The van der Waals surface area contributed by atoms with Crippen LogP contribution >= 0.6 is 7.82 Å². The van der Waals surface area contributed by atoms with Crippen LogP contribution in [0.2, 0.25) is 0 Å². The molecular formula is C20H32N2O7P+. The SMILES string of the molecule is Cc1noc(C)c1COCC(COP(=O)(O)OCC[N+](C)(C)C)Oc1ccccc1. The lowest BCUT2D eigenvalue weighted by Gasteiger charge is -2.24. The number of benzene rings is 1. The number of phosphoric acid groups is 1. The highest BCUT2D eigenvalue weighted by molar-refractivity contribution is 7.47. The molecule has 2 unspecified atom stereocenters. The molecule has 30 heavy (non-hydrogen) atoms. The summed E-state index contributed by atoms with van der Waals surface area (Å²) in [6.07, 6.45) is -0.615. The Labute approximate surface area is 177 Å². The Balaban J connectivity index is 1.91. The van der Waals surface area contributed by atoms with E-state index in [2.05, 4.69) is 5.16 Å². The van der Waals surface area contributed by atoms with Crippen LogP contribution in [0.3, 0.4) is 0 Å². The maximum absolute atomic E-state index is 12.2. The topological polar surface area (TPSA) is 100 Å². The summed E-state index contributed by atoms with van der Waals surface area (Å²) in [6.45, 7) is 4.57. The zero-order valence-corrected chi connectivity index (χ0v) is 19.1. The number of ether oxygens (including phenoxy) is 2. The first-order valence-electron chi connectivity index (χ1n) is 9.69. The molecule has 1 heterocycles. The van der Waals surface area contributed by atoms with Crippen LogP contribution in [0.25, 0.3) is 0 Å². The van der Waals surface area contributed by atoms with Crippen LogP contribution in [-0.4, -0.2) is 68.1 Å². The first kappa shape index (κ1) is 24.5. The maximum atomic E-state index is 12.2. The number of aryl methyl sites for hydroxylation is 2. The summed E-state index contributed by atoms with van der Waals surface area (Å²) in [7, 11) is 1.69. The van der Waals surface area contributed by atoms with Gasteiger partial charge in [-0.25, -0.2) is 4.57 Å². The molecule has 0 aliphatic heterocycles. The average molecular weight is 443 g/mol. The minimum absolute atomic E-state index is 0.101. The van der Waals surface area contributed by atoms with Gasteiger partial charge in [0.15, 0.2) is 0 Å². The van der Waals surface area contributed by atoms with Gasteiger partial charge in [0.1, 0.15) is 30.8 Å². The highest BCUT2D eigenvalue weighted by Gasteiger charge is 2.25. The Morgan fingerprint density at radius 2 is 1.83 bits per heavy atom. The second-order valence-electron chi connectivity index (χ2n) is 7.98. The summed E-state index contributed by atoms with van der Waals surface area (Å²) >= 11 is 0. The number of aromatic nitrogens is 1. The number of para-hydroxylation sites is 1. The van der Waals surface area contributed by atoms with E-state index in [1.165, 1.54) is 0 Å². The maximum Gasteiger partial charge on any atom is 0.472 e. The molecule has 0 radical (unpaired) electrons. The van der Waals surface area contributed by atoms with E-state index >= 15 is 0 Å². The Morgan fingerprint density at radius 1 is 1.13 bits per heavy atom. The molecular weight excluding hydrogens is 411 g/mol. The number of likely N-dealkylation sites (N-methyl/N-ethyl adjacent to an activating group) is 1. The Hall–Kier alpha value is -1.74. The standard InChI is InChI=1S/C20H31N2O7P/c1-16-20(17(2)29-21-16)15-25-13-19(28-18-9-7-6-8-10-18)14-27-30(23,24)26-12-11-22(3,4)5/h6-10,19H,11-15H2,1-5H3/p+1. The minimum atomic E-state index is -4.20. The van der Waals surface area contributed by atoms with Crippen LogP contribution in [0.5, 0.6) is 5.75 Å². The Morgan fingerprint density at radius 3 is 2.43 bits per heavy atom. The third-order valence-corrected chi connectivity index (χ3v) is 5.20. The predicted octanol–water partition coefficient (Wildman–Crippen LogP) is 3.10. The molecule has 10 heteroatoms. The van der Waals surface area contributed by atoms with Crippen molar-refractivity contribution < 1.29 is 37.0 Å². The first-order chi connectivity index (χ1) is 14.1. The van der Waals surface area contributed by atoms with Crippen molar-refractivity contribution in [1.82, 2.24) is 5.16 Å². The van der Waals surface area contributed by atoms with Crippen molar-refractivity contribution in [2.24, 2.45) is 0 Å². The Kier molecular flexibility index (Phi) is 9.03. The fourth-order valence-corrected chi connectivity index (χ4v) is 3.19. The average Bonchev–Trinajstić information content (AvgIpc) is 2.97. The van der Waals surface area contributed by atoms with Gasteiger partial charge in [-0.15, -0.1) is 0 Å². The molecule has 2 aromatic rings. The lowest BCUT2D eigenvalue weighted by Crippen LogP contribution is -2.37. The molecule has 2 atom stereocenters. The normalized spacial score (nSPS) is 15.0. The predicted molar refractivity (Wildman–Crippen MR) is 111 cm³/mol. The lowest BCUT2D eigenvalue weighted by molar-refractivity contribution is -0.870. The molecule has 0 aliphatic rings. The highest BCUT2D eigenvalue weighted by Crippen LogP contribution is 2.43. The smallest absolute Gasteiger partial charge is 0.472 e. The minimum Gasteiger partial charge on any atom is -0.486 e. The zero-order valence-electron chi connectivity index (χ0n) is 18.2. The molecule has 2 rings (SSSR count). The van der Waals surface area contributed by atoms with Gasteiger partial charge >= 0.3 is 7.82 Å². The van der Waals surface area contributed by atoms with Crippen LogP contribution in [-0.2, 0) is 25.0 Å². The van der Waals surface area contributed by atoms with E-state index in [0.717, 1.165) is 11.3 Å². The largest absolute Gasteiger partial charge is 0.486 e. The van der Waals surface area contributed by atoms with Crippen molar-refractivity contribution in [3.63, 3.8) is 0 Å². The molecule has 9 nitrogen and oxygen atoms in total. The fraction of sp³-hybridized carbons (Fsp3) is 0.550. The summed E-state index contributed by atoms with van der Waals surface area (Å²) in [4.78, 5) is 9.96. The van der Waals surface area contributed by atoms with Gasteiger partial charge in [0.05, 0.1) is 46.7 Å². The number of nitrogens with zero attached hydrogens (tertiary/aromatic N) is 2. The third-order valence-electron chi connectivity index (χ3n) is 4.22. The third kappa shape index (κ3) is 8.95. The van der Waals surface area contributed by atoms with Crippen molar-refractivity contribution in [1.29, 1.82) is 0 Å². The molecule has 1 aromatic heterocycles. The number of rotatable bonds is 13.